The van der Waals surface area contributed by atoms with Crippen LogP contribution in [-0.2, 0) is 4.79 Å². The van der Waals surface area contributed by atoms with Gasteiger partial charge in [-0.15, -0.1) is 0 Å². The second kappa shape index (κ2) is 9.19. The molecule has 0 heterocycles. The maximum Gasteiger partial charge on any atom is 0.259 e. The zero-order valence-electron chi connectivity index (χ0n) is 13.3. The van der Waals surface area contributed by atoms with Gasteiger partial charge >= 0.3 is 0 Å². The van der Waals surface area contributed by atoms with Crippen LogP contribution in [0.3, 0.4) is 0 Å². The average Bonchev–Trinajstić information content (AvgIpc) is 2.60. The van der Waals surface area contributed by atoms with Crippen molar-refractivity contribution in [2.24, 2.45) is 5.10 Å². The molecule has 0 atom stereocenters. The smallest absolute Gasteiger partial charge is 0.259 e. The minimum Gasteiger partial charge on any atom is -0.496 e. The number of hydrogen-bond donors (Lipinski definition) is 2. The molecule has 0 aliphatic rings. The minimum absolute atomic E-state index is 0.225. The predicted molar refractivity (Wildman–Crippen MR) is 100 cm³/mol. The van der Waals surface area contributed by atoms with E-state index in [0.29, 0.717) is 21.9 Å². The van der Waals surface area contributed by atoms with Gasteiger partial charge in [0.15, 0.2) is 0 Å². The molecule has 2 aromatic rings. The molecular formula is C17H15BrClN3O3. The number of halogens is 2. The first kappa shape index (κ1) is 19.0. The molecular weight excluding hydrogens is 410 g/mol. The first-order valence-corrected chi connectivity index (χ1v) is 8.36. The third kappa shape index (κ3) is 5.58. The van der Waals surface area contributed by atoms with Crippen LogP contribution < -0.4 is 15.5 Å². The van der Waals surface area contributed by atoms with Gasteiger partial charge in [-0.2, -0.15) is 5.10 Å². The van der Waals surface area contributed by atoms with Gasteiger partial charge in [-0.3, -0.25) is 9.59 Å². The molecule has 0 bridgehead atoms. The zero-order valence-corrected chi connectivity index (χ0v) is 15.6. The number of nitrogens with zero attached hydrogens (tertiary/aromatic N) is 1. The Labute approximate surface area is 158 Å². The molecule has 2 N–H and O–H groups in total. The summed E-state index contributed by atoms with van der Waals surface area (Å²) in [6, 6.07) is 12.0. The van der Waals surface area contributed by atoms with E-state index in [1.54, 1.807) is 43.5 Å². The quantitative estimate of drug-likeness (QED) is 0.553. The normalized spacial score (nSPS) is 10.5. The van der Waals surface area contributed by atoms with Gasteiger partial charge in [0.05, 0.1) is 30.5 Å². The highest BCUT2D eigenvalue weighted by molar-refractivity contribution is 9.10. The fourth-order valence-electron chi connectivity index (χ4n) is 1.92. The van der Waals surface area contributed by atoms with Gasteiger partial charge in [0.2, 0.25) is 0 Å². The maximum atomic E-state index is 12.0. The molecule has 0 saturated carbocycles. The van der Waals surface area contributed by atoms with Gasteiger partial charge in [0.25, 0.3) is 11.8 Å². The van der Waals surface area contributed by atoms with E-state index in [2.05, 4.69) is 31.8 Å². The van der Waals surface area contributed by atoms with E-state index in [4.69, 9.17) is 16.3 Å². The van der Waals surface area contributed by atoms with Gasteiger partial charge in [-0.25, -0.2) is 5.43 Å². The molecule has 0 fully saturated rings. The molecule has 0 radical (unpaired) electrons. The number of amides is 2. The highest BCUT2D eigenvalue weighted by Gasteiger charge is 2.10. The lowest BCUT2D eigenvalue weighted by Crippen LogP contribution is -2.35. The van der Waals surface area contributed by atoms with Crippen LogP contribution in [0.25, 0.3) is 0 Å². The second-order valence-corrected chi connectivity index (χ2v) is 6.16. The Morgan fingerprint density at radius 2 is 2.04 bits per heavy atom. The monoisotopic (exact) mass is 423 g/mol. The number of carbonyl (C=O) groups excluding carboxylic acids is 2. The third-order valence-electron chi connectivity index (χ3n) is 3.11. The third-order valence-corrected chi connectivity index (χ3v) is 3.94. The van der Waals surface area contributed by atoms with Crippen molar-refractivity contribution in [1.82, 2.24) is 10.7 Å². The number of ether oxygens (including phenoxy) is 1. The fraction of sp³-hybridized carbons (Fsp3) is 0.118. The van der Waals surface area contributed by atoms with Crippen molar-refractivity contribution in [1.29, 1.82) is 0 Å². The van der Waals surface area contributed by atoms with Crippen LogP contribution in [0.4, 0.5) is 0 Å². The van der Waals surface area contributed by atoms with Gasteiger partial charge in [0, 0.05) is 10.0 Å². The number of hydrazone groups is 1. The summed E-state index contributed by atoms with van der Waals surface area (Å²) in [4.78, 5) is 23.7. The SMILES string of the molecule is COc1ccc(Br)cc1C=NNC(=O)CNC(=O)c1ccccc1Cl. The summed E-state index contributed by atoms with van der Waals surface area (Å²) in [6.07, 6.45) is 1.46. The molecule has 6 nitrogen and oxygen atoms in total. The largest absolute Gasteiger partial charge is 0.496 e. The molecule has 130 valence electrons. The zero-order chi connectivity index (χ0) is 18.2. The topological polar surface area (TPSA) is 79.8 Å². The summed E-state index contributed by atoms with van der Waals surface area (Å²) in [7, 11) is 1.55. The van der Waals surface area contributed by atoms with Gasteiger partial charge in [-0.05, 0) is 30.3 Å². The standard InChI is InChI=1S/C17H15BrClN3O3/c1-25-15-7-6-12(18)8-11(15)9-21-22-16(23)10-20-17(24)13-4-2-3-5-14(13)19/h2-9H,10H2,1H3,(H,20,24)(H,22,23). The van der Waals surface area contributed by atoms with Crippen LogP contribution in [-0.4, -0.2) is 31.7 Å². The number of benzene rings is 2. The van der Waals surface area contributed by atoms with Crippen molar-refractivity contribution < 1.29 is 14.3 Å². The first-order valence-electron chi connectivity index (χ1n) is 7.19. The molecule has 0 spiro atoms. The summed E-state index contributed by atoms with van der Waals surface area (Å²) in [5.41, 5.74) is 3.33. The van der Waals surface area contributed by atoms with Gasteiger partial charge in [-0.1, -0.05) is 39.7 Å². The van der Waals surface area contributed by atoms with E-state index < -0.39 is 11.8 Å². The van der Waals surface area contributed by atoms with E-state index in [9.17, 15) is 9.59 Å². The van der Waals surface area contributed by atoms with Crippen LogP contribution in [0.2, 0.25) is 5.02 Å². The predicted octanol–water partition coefficient (Wildman–Crippen LogP) is 2.99. The van der Waals surface area contributed by atoms with Crippen LogP contribution in [0.15, 0.2) is 52.0 Å². The van der Waals surface area contributed by atoms with Gasteiger partial charge in [0.1, 0.15) is 5.75 Å². The highest BCUT2D eigenvalue weighted by Crippen LogP contribution is 2.21. The number of nitrogens with one attached hydrogen (secondary N) is 2. The fourth-order valence-corrected chi connectivity index (χ4v) is 2.52. The van der Waals surface area contributed by atoms with Crippen molar-refractivity contribution in [3.8, 4) is 5.75 Å². The van der Waals surface area contributed by atoms with Crippen LogP contribution in [0, 0.1) is 0 Å². The van der Waals surface area contributed by atoms with Crippen LogP contribution in [0.1, 0.15) is 15.9 Å². The Morgan fingerprint density at radius 3 is 2.76 bits per heavy atom. The Balaban J connectivity index is 1.88. The molecule has 0 saturated heterocycles. The lowest BCUT2D eigenvalue weighted by molar-refractivity contribution is -0.120. The Hall–Kier alpha value is -2.38. The summed E-state index contributed by atoms with van der Waals surface area (Å²) in [5.74, 6) is -0.280. The lowest BCUT2D eigenvalue weighted by Gasteiger charge is -2.06. The van der Waals surface area contributed by atoms with Crippen molar-refractivity contribution in [2.75, 3.05) is 13.7 Å². The van der Waals surface area contributed by atoms with Crippen molar-refractivity contribution in [3.05, 3.63) is 63.1 Å². The van der Waals surface area contributed by atoms with Gasteiger partial charge < -0.3 is 10.1 Å². The van der Waals surface area contributed by atoms with Crippen molar-refractivity contribution in [2.45, 2.75) is 0 Å². The molecule has 0 unspecified atom stereocenters. The van der Waals surface area contributed by atoms with Crippen molar-refractivity contribution >= 4 is 45.6 Å². The molecule has 2 rings (SSSR count). The van der Waals surface area contributed by atoms with Crippen molar-refractivity contribution in [3.63, 3.8) is 0 Å². The van der Waals surface area contributed by atoms with Crippen LogP contribution in [0.5, 0.6) is 5.75 Å². The molecule has 0 aliphatic carbocycles. The summed E-state index contributed by atoms with van der Waals surface area (Å²) in [6.45, 7) is -0.225. The summed E-state index contributed by atoms with van der Waals surface area (Å²) in [5, 5.41) is 6.65. The number of rotatable bonds is 6. The maximum absolute atomic E-state index is 12.0. The summed E-state index contributed by atoms with van der Waals surface area (Å²) >= 11 is 9.28. The Morgan fingerprint density at radius 1 is 1.28 bits per heavy atom. The number of hydrogen-bond acceptors (Lipinski definition) is 4. The molecule has 8 heteroatoms. The molecule has 25 heavy (non-hydrogen) atoms. The molecule has 0 aliphatic heterocycles. The summed E-state index contributed by atoms with van der Waals surface area (Å²) < 4.78 is 6.06. The van der Waals surface area contributed by atoms with E-state index in [-0.39, 0.29) is 6.54 Å². The highest BCUT2D eigenvalue weighted by atomic mass is 79.9. The minimum atomic E-state index is -0.467. The first-order chi connectivity index (χ1) is 12.0. The van der Waals surface area contributed by atoms with E-state index in [0.717, 1.165) is 4.47 Å². The van der Waals surface area contributed by atoms with Crippen LogP contribution >= 0.6 is 27.5 Å². The molecule has 2 aromatic carbocycles. The van der Waals surface area contributed by atoms with E-state index in [1.165, 1.54) is 6.21 Å². The van der Waals surface area contributed by atoms with E-state index >= 15 is 0 Å². The number of methoxy groups -OCH3 is 1. The number of carbonyl (C=O) groups is 2. The molecule has 0 aromatic heterocycles. The average molecular weight is 425 g/mol. The Kier molecular flexibility index (Phi) is 6.97. The van der Waals surface area contributed by atoms with E-state index in [1.807, 2.05) is 6.07 Å². The lowest BCUT2D eigenvalue weighted by atomic mass is 10.2. The Bertz CT molecular complexity index is 811. The second-order valence-electron chi connectivity index (χ2n) is 4.84. The molecule has 2 amide bonds.